The number of H-pyrrole nitrogens is 1. The summed E-state index contributed by atoms with van der Waals surface area (Å²) in [6.45, 7) is 0.377. The summed E-state index contributed by atoms with van der Waals surface area (Å²) in [4.78, 5) is 30.2. The molecule has 4 rings (SSSR count). The number of hydrogen-bond acceptors (Lipinski definition) is 4. The molecule has 0 saturated heterocycles. The second-order valence-corrected chi connectivity index (χ2v) is 6.79. The third-order valence-electron chi connectivity index (χ3n) is 4.35. The molecule has 0 bridgehead atoms. The molecule has 4 aromatic rings. The zero-order chi connectivity index (χ0) is 19.7. The molecule has 8 heteroatoms. The molecule has 0 fully saturated rings. The SMILES string of the molecule is O=C(O)c1cc2cc(Cl)cc(Cn3ccc(Cc4ccccn4)n3)c2[nH]c1=O. The van der Waals surface area contributed by atoms with Gasteiger partial charge in [0.1, 0.15) is 5.56 Å². The number of nitrogens with one attached hydrogen (secondary N) is 1. The van der Waals surface area contributed by atoms with Crippen LogP contribution >= 0.6 is 11.6 Å². The maximum atomic E-state index is 12.1. The minimum absolute atomic E-state index is 0.322. The number of nitrogens with zero attached hydrogens (tertiary/aromatic N) is 3. The summed E-state index contributed by atoms with van der Waals surface area (Å²) in [6, 6.07) is 12.3. The molecule has 2 N–H and O–H groups in total. The lowest BCUT2D eigenvalue weighted by atomic mass is 10.1. The van der Waals surface area contributed by atoms with Crippen LogP contribution in [0.15, 0.2) is 59.7 Å². The summed E-state index contributed by atoms with van der Waals surface area (Å²) in [5.41, 5.74) is 2.10. The fourth-order valence-corrected chi connectivity index (χ4v) is 3.34. The van der Waals surface area contributed by atoms with Crippen LogP contribution in [0.5, 0.6) is 0 Å². The van der Waals surface area contributed by atoms with E-state index in [4.69, 9.17) is 16.7 Å². The Kier molecular flexibility index (Phi) is 4.67. The highest BCUT2D eigenvalue weighted by Crippen LogP contribution is 2.23. The van der Waals surface area contributed by atoms with Gasteiger partial charge in [-0.1, -0.05) is 17.7 Å². The molecular formula is C20H15ClN4O3. The van der Waals surface area contributed by atoms with Gasteiger partial charge in [0.2, 0.25) is 0 Å². The molecule has 28 heavy (non-hydrogen) atoms. The van der Waals surface area contributed by atoms with E-state index >= 15 is 0 Å². The highest BCUT2D eigenvalue weighted by Gasteiger charge is 2.13. The molecule has 140 valence electrons. The van der Waals surface area contributed by atoms with Crippen LogP contribution in [-0.4, -0.2) is 30.8 Å². The first kappa shape index (κ1) is 17.9. The van der Waals surface area contributed by atoms with E-state index in [1.807, 2.05) is 30.5 Å². The lowest BCUT2D eigenvalue weighted by molar-refractivity contribution is 0.0695. The number of aromatic nitrogens is 4. The van der Waals surface area contributed by atoms with Crippen molar-refractivity contribution in [3.05, 3.63) is 92.7 Å². The van der Waals surface area contributed by atoms with Crippen LogP contribution in [0.2, 0.25) is 5.02 Å². The lowest BCUT2D eigenvalue weighted by Crippen LogP contribution is -2.18. The van der Waals surface area contributed by atoms with Gasteiger partial charge in [-0.2, -0.15) is 5.10 Å². The van der Waals surface area contributed by atoms with Gasteiger partial charge in [-0.15, -0.1) is 0 Å². The maximum Gasteiger partial charge on any atom is 0.341 e. The lowest BCUT2D eigenvalue weighted by Gasteiger charge is -2.09. The van der Waals surface area contributed by atoms with Gasteiger partial charge in [0.25, 0.3) is 5.56 Å². The van der Waals surface area contributed by atoms with Crippen LogP contribution in [0.25, 0.3) is 10.9 Å². The molecule has 3 heterocycles. The van der Waals surface area contributed by atoms with Gasteiger partial charge in [0.05, 0.1) is 17.8 Å². The molecule has 0 atom stereocenters. The molecular weight excluding hydrogens is 380 g/mol. The largest absolute Gasteiger partial charge is 0.477 e. The van der Waals surface area contributed by atoms with Gasteiger partial charge in [0.15, 0.2) is 0 Å². The second-order valence-electron chi connectivity index (χ2n) is 6.35. The fraction of sp³-hybridized carbons (Fsp3) is 0.100. The Morgan fingerprint density at radius 3 is 2.79 bits per heavy atom. The Bertz CT molecular complexity index is 1230. The van der Waals surface area contributed by atoms with Gasteiger partial charge in [-0.05, 0) is 42.0 Å². The number of pyridine rings is 2. The van der Waals surface area contributed by atoms with Crippen molar-refractivity contribution < 1.29 is 9.90 Å². The van der Waals surface area contributed by atoms with E-state index in [-0.39, 0.29) is 5.56 Å². The Hall–Kier alpha value is -3.45. The van der Waals surface area contributed by atoms with Crippen molar-refractivity contribution in [3.63, 3.8) is 0 Å². The zero-order valence-corrected chi connectivity index (χ0v) is 15.3. The molecule has 0 aliphatic rings. The number of fused-ring (bicyclic) bond motifs is 1. The third kappa shape index (κ3) is 3.65. The average molecular weight is 395 g/mol. The van der Waals surface area contributed by atoms with Crippen molar-refractivity contribution >= 4 is 28.5 Å². The third-order valence-corrected chi connectivity index (χ3v) is 4.56. The summed E-state index contributed by atoms with van der Waals surface area (Å²) in [5.74, 6) is -1.28. The Balaban J connectivity index is 1.67. The minimum Gasteiger partial charge on any atom is -0.477 e. The first-order valence-corrected chi connectivity index (χ1v) is 8.88. The number of carboxylic acid groups (broad SMARTS) is 1. The number of benzene rings is 1. The number of aromatic carboxylic acids is 1. The highest BCUT2D eigenvalue weighted by atomic mass is 35.5. The number of hydrogen-bond donors (Lipinski definition) is 2. The Morgan fingerprint density at radius 1 is 1.18 bits per heavy atom. The van der Waals surface area contributed by atoms with Gasteiger partial charge >= 0.3 is 5.97 Å². The van der Waals surface area contributed by atoms with Crippen molar-refractivity contribution in [2.24, 2.45) is 0 Å². The van der Waals surface area contributed by atoms with Crippen molar-refractivity contribution in [2.45, 2.75) is 13.0 Å². The summed E-state index contributed by atoms with van der Waals surface area (Å²) in [7, 11) is 0. The summed E-state index contributed by atoms with van der Waals surface area (Å²) in [6.07, 6.45) is 4.20. The van der Waals surface area contributed by atoms with Crippen LogP contribution in [0.3, 0.4) is 0 Å². The number of rotatable bonds is 5. The van der Waals surface area contributed by atoms with E-state index in [9.17, 15) is 9.59 Å². The van der Waals surface area contributed by atoms with Crippen LogP contribution in [0.4, 0.5) is 0 Å². The molecule has 0 aliphatic heterocycles. The number of aromatic amines is 1. The Labute approximate surface area is 164 Å². The van der Waals surface area contributed by atoms with E-state index in [1.165, 1.54) is 6.07 Å². The molecule has 7 nitrogen and oxygen atoms in total. The van der Waals surface area contributed by atoms with Gasteiger partial charge in [-0.25, -0.2) is 4.79 Å². The van der Waals surface area contributed by atoms with E-state index < -0.39 is 11.5 Å². The molecule has 0 amide bonds. The van der Waals surface area contributed by atoms with Crippen molar-refractivity contribution in [1.82, 2.24) is 19.7 Å². The smallest absolute Gasteiger partial charge is 0.341 e. The average Bonchev–Trinajstić information content (AvgIpc) is 3.09. The standard InChI is InChI=1S/C20H15ClN4O3/c21-14-7-12-9-17(20(27)28)19(26)23-18(12)13(8-14)11-25-6-4-16(24-25)10-15-3-1-2-5-22-15/h1-9H,10-11H2,(H,23,26)(H,27,28). The molecule has 1 aromatic carbocycles. The summed E-state index contributed by atoms with van der Waals surface area (Å²) < 4.78 is 1.74. The molecule has 0 spiro atoms. The topological polar surface area (TPSA) is 101 Å². The van der Waals surface area contributed by atoms with Crippen molar-refractivity contribution in [3.8, 4) is 0 Å². The summed E-state index contributed by atoms with van der Waals surface area (Å²) in [5, 5.41) is 14.7. The molecule has 0 radical (unpaired) electrons. The van der Waals surface area contributed by atoms with Crippen LogP contribution in [0, 0.1) is 0 Å². The van der Waals surface area contributed by atoms with E-state index in [0.717, 1.165) is 17.0 Å². The minimum atomic E-state index is -1.28. The quantitative estimate of drug-likeness (QED) is 0.541. The fourth-order valence-electron chi connectivity index (χ4n) is 3.09. The maximum absolute atomic E-state index is 12.1. The normalized spacial score (nSPS) is 11.0. The van der Waals surface area contributed by atoms with Crippen molar-refractivity contribution in [1.29, 1.82) is 0 Å². The molecule has 3 aromatic heterocycles. The summed E-state index contributed by atoms with van der Waals surface area (Å²) >= 11 is 6.20. The second kappa shape index (κ2) is 7.28. The van der Waals surface area contributed by atoms with E-state index in [1.54, 1.807) is 23.0 Å². The molecule has 0 unspecified atom stereocenters. The molecule has 0 aliphatic carbocycles. The van der Waals surface area contributed by atoms with Crippen LogP contribution in [-0.2, 0) is 13.0 Å². The Morgan fingerprint density at radius 2 is 2.04 bits per heavy atom. The zero-order valence-electron chi connectivity index (χ0n) is 14.6. The van der Waals surface area contributed by atoms with Gasteiger partial charge < -0.3 is 10.1 Å². The number of carboxylic acids is 1. The van der Waals surface area contributed by atoms with E-state index in [2.05, 4.69) is 15.1 Å². The van der Waals surface area contributed by atoms with Crippen molar-refractivity contribution in [2.75, 3.05) is 0 Å². The number of halogens is 1. The first-order chi connectivity index (χ1) is 13.5. The van der Waals surface area contributed by atoms with Crippen LogP contribution < -0.4 is 5.56 Å². The van der Waals surface area contributed by atoms with Gasteiger partial charge in [-0.3, -0.25) is 14.5 Å². The van der Waals surface area contributed by atoms with E-state index in [0.29, 0.717) is 28.9 Å². The predicted octanol–water partition coefficient (Wildman–Crippen LogP) is 3.11. The number of carbonyl (C=O) groups is 1. The predicted molar refractivity (Wildman–Crippen MR) is 105 cm³/mol. The monoisotopic (exact) mass is 394 g/mol. The highest BCUT2D eigenvalue weighted by molar-refractivity contribution is 6.31. The van der Waals surface area contributed by atoms with Gasteiger partial charge in [0, 0.05) is 34.9 Å². The molecule has 0 saturated carbocycles. The van der Waals surface area contributed by atoms with Crippen LogP contribution in [0.1, 0.15) is 27.3 Å². The first-order valence-electron chi connectivity index (χ1n) is 8.50.